The maximum atomic E-state index is 11.9. The Morgan fingerprint density at radius 2 is 1.96 bits per heavy atom. The van der Waals surface area contributed by atoms with E-state index in [9.17, 15) is 9.59 Å². The molecule has 0 aromatic carbocycles. The second-order valence-corrected chi connectivity index (χ2v) is 8.68. The van der Waals surface area contributed by atoms with E-state index in [0.717, 1.165) is 32.1 Å². The molecule has 0 aromatic rings. The number of hydrogen-bond donors (Lipinski definition) is 1. The number of primary amides is 1. The van der Waals surface area contributed by atoms with E-state index >= 15 is 0 Å². The first kappa shape index (κ1) is 15.2. The van der Waals surface area contributed by atoms with E-state index in [-0.39, 0.29) is 28.4 Å². The molecular weight excluding hydrogens is 286 g/mol. The molecule has 6 atom stereocenters. The van der Waals surface area contributed by atoms with Crippen molar-refractivity contribution in [2.24, 2.45) is 40.2 Å². The Morgan fingerprint density at radius 1 is 1.17 bits per heavy atom. The van der Waals surface area contributed by atoms with Crippen molar-refractivity contribution in [3.05, 3.63) is 23.8 Å². The minimum atomic E-state index is -0.0979. The first-order valence-corrected chi connectivity index (χ1v) is 9.10. The molecule has 23 heavy (non-hydrogen) atoms. The van der Waals surface area contributed by atoms with Crippen LogP contribution in [0.25, 0.3) is 0 Å². The molecule has 0 saturated heterocycles. The molecule has 4 aliphatic rings. The third-order valence-electron chi connectivity index (χ3n) is 7.90. The first-order chi connectivity index (χ1) is 10.9. The highest BCUT2D eigenvalue weighted by atomic mass is 16.1. The van der Waals surface area contributed by atoms with Crippen LogP contribution in [-0.4, -0.2) is 11.7 Å². The fourth-order valence-electron chi connectivity index (χ4n) is 6.67. The van der Waals surface area contributed by atoms with E-state index in [4.69, 9.17) is 5.73 Å². The Kier molecular flexibility index (Phi) is 3.17. The molecule has 3 nitrogen and oxygen atoms in total. The number of carbonyl (C=O) groups is 2. The summed E-state index contributed by atoms with van der Waals surface area (Å²) >= 11 is 0. The maximum absolute atomic E-state index is 11.9. The van der Waals surface area contributed by atoms with Gasteiger partial charge in [-0.3, -0.25) is 9.59 Å². The van der Waals surface area contributed by atoms with Crippen molar-refractivity contribution >= 4 is 11.7 Å². The van der Waals surface area contributed by atoms with Gasteiger partial charge in [-0.05, 0) is 73.8 Å². The zero-order valence-corrected chi connectivity index (χ0v) is 14.2. The zero-order valence-electron chi connectivity index (χ0n) is 14.2. The van der Waals surface area contributed by atoms with Crippen molar-refractivity contribution in [3.63, 3.8) is 0 Å². The number of rotatable bonds is 1. The van der Waals surface area contributed by atoms with Crippen LogP contribution in [0.3, 0.4) is 0 Å². The third-order valence-corrected chi connectivity index (χ3v) is 7.90. The summed E-state index contributed by atoms with van der Waals surface area (Å²) in [5.41, 5.74) is 7.18. The molecule has 1 amide bonds. The smallest absolute Gasteiger partial charge is 0.221 e. The van der Waals surface area contributed by atoms with Crippen molar-refractivity contribution < 1.29 is 9.59 Å². The molecule has 0 aliphatic heterocycles. The quantitative estimate of drug-likeness (QED) is 0.806. The van der Waals surface area contributed by atoms with Gasteiger partial charge in [0.1, 0.15) is 0 Å². The monoisotopic (exact) mass is 313 g/mol. The Morgan fingerprint density at radius 3 is 2.70 bits per heavy atom. The van der Waals surface area contributed by atoms with E-state index < -0.39 is 0 Å². The molecule has 2 N–H and O–H groups in total. The van der Waals surface area contributed by atoms with E-state index in [1.165, 1.54) is 12.0 Å². The van der Waals surface area contributed by atoms with Crippen molar-refractivity contribution in [2.75, 3.05) is 0 Å². The zero-order chi connectivity index (χ0) is 16.4. The number of nitrogens with two attached hydrogens (primary N) is 1. The lowest BCUT2D eigenvalue weighted by Gasteiger charge is -2.56. The fraction of sp³-hybridized carbons (Fsp3) is 0.700. The molecule has 3 fully saturated rings. The number of carbonyl (C=O) groups excluding carboxylic acids is 2. The van der Waals surface area contributed by atoms with E-state index in [0.29, 0.717) is 17.8 Å². The molecule has 0 unspecified atom stereocenters. The average Bonchev–Trinajstić information content (AvgIpc) is 2.85. The van der Waals surface area contributed by atoms with Gasteiger partial charge in [0.25, 0.3) is 0 Å². The summed E-state index contributed by atoms with van der Waals surface area (Å²) in [5, 5.41) is 0. The maximum Gasteiger partial charge on any atom is 0.221 e. The van der Waals surface area contributed by atoms with Gasteiger partial charge in [0.15, 0.2) is 5.78 Å². The number of hydrogen-bond acceptors (Lipinski definition) is 2. The second kappa shape index (κ2) is 4.81. The number of fused-ring (bicyclic) bond motifs is 5. The largest absolute Gasteiger partial charge is 0.369 e. The second-order valence-electron chi connectivity index (χ2n) is 8.68. The average molecular weight is 313 g/mol. The van der Waals surface area contributed by atoms with Gasteiger partial charge < -0.3 is 5.73 Å². The van der Waals surface area contributed by atoms with Gasteiger partial charge in [-0.15, -0.1) is 0 Å². The van der Waals surface area contributed by atoms with E-state index in [1.807, 2.05) is 6.08 Å². The molecule has 0 spiro atoms. The van der Waals surface area contributed by atoms with Gasteiger partial charge >= 0.3 is 0 Å². The molecule has 3 heteroatoms. The van der Waals surface area contributed by atoms with E-state index in [1.54, 1.807) is 6.08 Å². The summed E-state index contributed by atoms with van der Waals surface area (Å²) in [7, 11) is 0. The summed E-state index contributed by atoms with van der Waals surface area (Å²) in [6.45, 7) is 4.63. The van der Waals surface area contributed by atoms with Gasteiger partial charge in [-0.2, -0.15) is 0 Å². The van der Waals surface area contributed by atoms with E-state index in [2.05, 4.69) is 19.9 Å². The van der Waals surface area contributed by atoms with Crippen LogP contribution in [0.15, 0.2) is 23.8 Å². The summed E-state index contributed by atoms with van der Waals surface area (Å²) in [5.74, 6) is 1.99. The van der Waals surface area contributed by atoms with Crippen LogP contribution >= 0.6 is 0 Å². The highest BCUT2D eigenvalue weighted by Crippen LogP contribution is 2.65. The lowest BCUT2D eigenvalue weighted by atomic mass is 9.48. The fourth-order valence-corrected chi connectivity index (χ4v) is 6.67. The van der Waals surface area contributed by atoms with Crippen molar-refractivity contribution in [2.45, 2.75) is 52.4 Å². The Hall–Kier alpha value is -1.38. The van der Waals surface area contributed by atoms with Crippen molar-refractivity contribution in [1.82, 2.24) is 0 Å². The van der Waals surface area contributed by atoms with Crippen molar-refractivity contribution in [1.29, 1.82) is 0 Å². The molecule has 0 bridgehead atoms. The van der Waals surface area contributed by atoms with Gasteiger partial charge in [0, 0.05) is 11.3 Å². The molecule has 0 heterocycles. The van der Waals surface area contributed by atoms with Crippen LogP contribution in [0.5, 0.6) is 0 Å². The predicted molar refractivity (Wildman–Crippen MR) is 89.3 cm³/mol. The van der Waals surface area contributed by atoms with Gasteiger partial charge in [-0.1, -0.05) is 25.5 Å². The molecule has 4 rings (SSSR count). The van der Waals surface area contributed by atoms with Crippen LogP contribution in [0.2, 0.25) is 0 Å². The number of allylic oxidation sites excluding steroid dienone is 4. The Bertz CT molecular complexity index is 634. The summed E-state index contributed by atoms with van der Waals surface area (Å²) < 4.78 is 0. The Balaban J connectivity index is 1.68. The topological polar surface area (TPSA) is 60.2 Å². The molecular formula is C20H27NO2. The minimum absolute atomic E-state index is 0.0446. The molecule has 0 radical (unpaired) electrons. The predicted octanol–water partition coefficient (Wildman–Crippen LogP) is 3.40. The lowest BCUT2D eigenvalue weighted by Crippen LogP contribution is -2.50. The van der Waals surface area contributed by atoms with Crippen LogP contribution < -0.4 is 5.73 Å². The summed E-state index contributed by atoms with van der Waals surface area (Å²) in [4.78, 5) is 23.7. The molecule has 0 aromatic heterocycles. The third kappa shape index (κ3) is 1.95. The van der Waals surface area contributed by atoms with Crippen LogP contribution in [0.4, 0.5) is 0 Å². The first-order valence-electron chi connectivity index (χ1n) is 9.10. The highest BCUT2D eigenvalue weighted by molar-refractivity contribution is 6.01. The van der Waals surface area contributed by atoms with Crippen LogP contribution in [0, 0.1) is 34.5 Å². The molecule has 4 aliphatic carbocycles. The number of ketones is 1. The number of amides is 1. The van der Waals surface area contributed by atoms with Gasteiger partial charge in [-0.25, -0.2) is 0 Å². The lowest BCUT2D eigenvalue weighted by molar-refractivity contribution is -0.128. The summed E-state index contributed by atoms with van der Waals surface area (Å²) in [6.07, 6.45) is 12.4. The van der Waals surface area contributed by atoms with Crippen LogP contribution in [-0.2, 0) is 9.59 Å². The van der Waals surface area contributed by atoms with Gasteiger partial charge in [0.05, 0.1) is 0 Å². The van der Waals surface area contributed by atoms with Crippen molar-refractivity contribution in [3.8, 4) is 0 Å². The minimum Gasteiger partial charge on any atom is -0.369 e. The highest BCUT2D eigenvalue weighted by Gasteiger charge is 2.59. The molecule has 3 saturated carbocycles. The normalized spacial score (nSPS) is 48.3. The molecule has 124 valence electrons. The van der Waals surface area contributed by atoms with Gasteiger partial charge in [0.2, 0.25) is 5.91 Å². The Labute approximate surface area is 138 Å². The van der Waals surface area contributed by atoms with Crippen LogP contribution in [0.1, 0.15) is 52.4 Å². The summed E-state index contributed by atoms with van der Waals surface area (Å²) in [6, 6.07) is 0. The standard InChI is InChI=1S/C20H27NO2/c1-19-9-7-13(22)11-12(19)3-4-14-15-5-6-17(18(21)23)20(15,2)10-8-16(14)19/h7,9,11,14-17H,3-6,8,10H2,1-2H3,(H2,21,23)/t14-,15-,16-,17+,19-,20-/m0/s1. The SMILES string of the molecule is C[C@]12CC[C@H]3[C@@H](CCC4=CC(=O)C=C[C@@]43C)[C@@H]1CC[C@@H]2C(N)=O.